The Kier molecular flexibility index (Phi) is 8.55. The van der Waals surface area contributed by atoms with Gasteiger partial charge >= 0.3 is 0 Å². The molecular weight excluding hydrogens is 677 g/mol. The summed E-state index contributed by atoms with van der Waals surface area (Å²) in [6.45, 7) is 0. The fourth-order valence-electron chi connectivity index (χ4n) is 8.13. The third-order valence-corrected chi connectivity index (χ3v) is 10.8. The molecule has 0 saturated heterocycles. The Balaban J connectivity index is 1.12. The van der Waals surface area contributed by atoms with Gasteiger partial charge in [-0.3, -0.25) is 0 Å². The highest BCUT2D eigenvalue weighted by Gasteiger charge is 2.23. The van der Waals surface area contributed by atoms with E-state index in [2.05, 4.69) is 240 Å². The molecule has 264 valence electrons. The van der Waals surface area contributed by atoms with Gasteiger partial charge in [0, 0.05) is 27.7 Å². The van der Waals surface area contributed by atoms with Crippen LogP contribution in [0.3, 0.4) is 0 Å². The molecule has 0 spiro atoms. The van der Waals surface area contributed by atoms with Gasteiger partial charge in [0.1, 0.15) is 0 Å². The van der Waals surface area contributed by atoms with Gasteiger partial charge in [0.05, 0.1) is 22.4 Å². The minimum absolute atomic E-state index is 1.10. The van der Waals surface area contributed by atoms with Crippen molar-refractivity contribution >= 4 is 38.9 Å². The van der Waals surface area contributed by atoms with Crippen LogP contribution in [0.15, 0.2) is 231 Å². The topological polar surface area (TPSA) is 8.17 Å². The molecule has 0 aliphatic rings. The molecular formula is C54H38N2. The highest BCUT2D eigenvalue weighted by Crippen LogP contribution is 2.46. The fourth-order valence-corrected chi connectivity index (χ4v) is 8.13. The number of fused-ring (bicyclic) bond motifs is 3. The smallest absolute Gasteiger partial charge is 0.0562 e. The minimum Gasteiger partial charge on any atom is -0.309 e. The van der Waals surface area contributed by atoms with Crippen LogP contribution in [0, 0.1) is 0 Å². The van der Waals surface area contributed by atoms with Crippen LogP contribution in [0.5, 0.6) is 0 Å². The van der Waals surface area contributed by atoms with Crippen LogP contribution in [0.1, 0.15) is 0 Å². The van der Waals surface area contributed by atoms with Crippen molar-refractivity contribution in [3.8, 4) is 50.2 Å². The van der Waals surface area contributed by atoms with Crippen LogP contribution in [-0.2, 0) is 0 Å². The maximum absolute atomic E-state index is 2.44. The van der Waals surface area contributed by atoms with Gasteiger partial charge in [0.2, 0.25) is 0 Å². The monoisotopic (exact) mass is 714 g/mol. The Labute approximate surface area is 327 Å². The van der Waals surface area contributed by atoms with Crippen molar-refractivity contribution < 1.29 is 0 Å². The van der Waals surface area contributed by atoms with Crippen molar-refractivity contribution in [2.75, 3.05) is 4.90 Å². The molecule has 0 aliphatic heterocycles. The number of hydrogen-bond acceptors (Lipinski definition) is 1. The lowest BCUT2D eigenvalue weighted by Crippen LogP contribution is -2.11. The summed E-state index contributed by atoms with van der Waals surface area (Å²) in [5.41, 5.74) is 16.4. The number of rotatable bonds is 8. The summed E-state index contributed by atoms with van der Waals surface area (Å²) in [6.07, 6.45) is 0. The van der Waals surface area contributed by atoms with Gasteiger partial charge in [-0.25, -0.2) is 0 Å². The van der Waals surface area contributed by atoms with E-state index in [1.807, 2.05) is 0 Å². The summed E-state index contributed by atoms with van der Waals surface area (Å²) in [6, 6.07) is 83.0. The van der Waals surface area contributed by atoms with Crippen LogP contribution in [0.25, 0.3) is 72.0 Å². The van der Waals surface area contributed by atoms with E-state index >= 15 is 0 Å². The lowest BCUT2D eigenvalue weighted by Gasteiger charge is -2.29. The second kappa shape index (κ2) is 14.4. The fraction of sp³-hybridized carbons (Fsp3) is 0. The van der Waals surface area contributed by atoms with E-state index < -0.39 is 0 Å². The number of benzene rings is 9. The molecule has 0 amide bonds. The number of nitrogens with zero attached hydrogens (tertiary/aromatic N) is 2. The maximum Gasteiger partial charge on any atom is 0.0562 e. The SMILES string of the molecule is c1ccc(-c2ccc(-c3ccc(-n4c5ccccc5c5c(N(c6ccc(-c7ccccc7)cc6)c6ccccc6-c6ccccc6)cccc54)cc3)cc2)cc1. The van der Waals surface area contributed by atoms with Crippen LogP contribution >= 0.6 is 0 Å². The third kappa shape index (κ3) is 6.04. The number of aromatic nitrogens is 1. The lowest BCUT2D eigenvalue weighted by molar-refractivity contribution is 1.18. The van der Waals surface area contributed by atoms with E-state index in [4.69, 9.17) is 0 Å². The molecule has 0 saturated carbocycles. The lowest BCUT2D eigenvalue weighted by atomic mass is 10.00. The third-order valence-electron chi connectivity index (χ3n) is 10.8. The Morgan fingerprint density at radius 1 is 0.286 bits per heavy atom. The van der Waals surface area contributed by atoms with E-state index in [1.165, 1.54) is 60.8 Å². The number of anilines is 3. The highest BCUT2D eigenvalue weighted by molar-refractivity contribution is 6.17. The standard InChI is InChI=1S/C54H38N2/c1-4-15-39(16-5-1)41-27-29-42(30-28-41)44-33-37-47(38-34-44)56-51-24-13-11-22-49(51)54-52(25-14-26-53(54)56)55(46-35-31-43(32-36-46)40-17-6-2-7-18-40)50-23-12-10-21-48(50)45-19-8-3-9-20-45/h1-38H. The molecule has 0 radical (unpaired) electrons. The zero-order valence-electron chi connectivity index (χ0n) is 30.8. The van der Waals surface area contributed by atoms with Gasteiger partial charge in [-0.05, 0) is 87.5 Å². The average Bonchev–Trinajstić information content (AvgIpc) is 3.63. The maximum atomic E-state index is 2.44. The van der Waals surface area contributed by atoms with Crippen molar-refractivity contribution in [1.29, 1.82) is 0 Å². The van der Waals surface area contributed by atoms with Gasteiger partial charge in [-0.2, -0.15) is 0 Å². The molecule has 1 heterocycles. The molecule has 0 atom stereocenters. The van der Waals surface area contributed by atoms with Gasteiger partial charge in [0.25, 0.3) is 0 Å². The Bertz CT molecular complexity index is 2910. The second-order valence-electron chi connectivity index (χ2n) is 14.1. The molecule has 10 rings (SSSR count). The molecule has 2 heteroatoms. The van der Waals surface area contributed by atoms with E-state index in [-0.39, 0.29) is 0 Å². The molecule has 10 aromatic rings. The van der Waals surface area contributed by atoms with E-state index in [1.54, 1.807) is 0 Å². The van der Waals surface area contributed by atoms with Crippen molar-refractivity contribution in [2.45, 2.75) is 0 Å². The summed E-state index contributed by atoms with van der Waals surface area (Å²) in [4.78, 5) is 2.44. The van der Waals surface area contributed by atoms with Gasteiger partial charge in [-0.1, -0.05) is 182 Å². The first kappa shape index (κ1) is 33.2. The summed E-state index contributed by atoms with van der Waals surface area (Å²) in [5.74, 6) is 0. The molecule has 2 nitrogen and oxygen atoms in total. The molecule has 0 bridgehead atoms. The largest absolute Gasteiger partial charge is 0.309 e. The van der Waals surface area contributed by atoms with Crippen molar-refractivity contribution in [1.82, 2.24) is 4.57 Å². The zero-order chi connectivity index (χ0) is 37.3. The molecule has 56 heavy (non-hydrogen) atoms. The molecule has 1 aromatic heterocycles. The Morgan fingerprint density at radius 3 is 1.32 bits per heavy atom. The second-order valence-corrected chi connectivity index (χ2v) is 14.1. The predicted molar refractivity (Wildman–Crippen MR) is 237 cm³/mol. The quantitative estimate of drug-likeness (QED) is 0.152. The van der Waals surface area contributed by atoms with Gasteiger partial charge in [-0.15, -0.1) is 0 Å². The zero-order valence-corrected chi connectivity index (χ0v) is 30.8. The predicted octanol–water partition coefficient (Wildman–Crippen LogP) is 14.9. The summed E-state index contributed by atoms with van der Waals surface area (Å²) < 4.78 is 2.41. The van der Waals surface area contributed by atoms with Crippen molar-refractivity contribution in [2.24, 2.45) is 0 Å². The molecule has 0 fully saturated rings. The first-order valence-corrected chi connectivity index (χ1v) is 19.2. The summed E-state index contributed by atoms with van der Waals surface area (Å²) >= 11 is 0. The van der Waals surface area contributed by atoms with E-state index in [9.17, 15) is 0 Å². The number of para-hydroxylation sites is 2. The summed E-state index contributed by atoms with van der Waals surface area (Å²) in [7, 11) is 0. The molecule has 0 unspecified atom stereocenters. The van der Waals surface area contributed by atoms with Crippen molar-refractivity contribution in [3.63, 3.8) is 0 Å². The first-order valence-electron chi connectivity index (χ1n) is 19.2. The van der Waals surface area contributed by atoms with Crippen LogP contribution in [-0.4, -0.2) is 4.57 Å². The number of hydrogen-bond donors (Lipinski definition) is 0. The minimum atomic E-state index is 1.10. The van der Waals surface area contributed by atoms with Crippen LogP contribution in [0.2, 0.25) is 0 Å². The van der Waals surface area contributed by atoms with E-state index in [0.717, 1.165) is 28.3 Å². The summed E-state index contributed by atoms with van der Waals surface area (Å²) in [5, 5.41) is 2.42. The molecule has 9 aromatic carbocycles. The van der Waals surface area contributed by atoms with Gasteiger partial charge < -0.3 is 9.47 Å². The van der Waals surface area contributed by atoms with Crippen molar-refractivity contribution in [3.05, 3.63) is 231 Å². The Hall–Kier alpha value is -7.42. The average molecular weight is 715 g/mol. The Morgan fingerprint density at radius 2 is 0.714 bits per heavy atom. The molecule has 0 aliphatic carbocycles. The highest BCUT2D eigenvalue weighted by atomic mass is 15.1. The van der Waals surface area contributed by atoms with Gasteiger partial charge in [0.15, 0.2) is 0 Å². The van der Waals surface area contributed by atoms with Crippen LogP contribution < -0.4 is 4.90 Å². The van der Waals surface area contributed by atoms with Crippen LogP contribution in [0.4, 0.5) is 17.1 Å². The molecule has 0 N–H and O–H groups in total. The van der Waals surface area contributed by atoms with E-state index in [0.29, 0.717) is 0 Å². The first-order chi connectivity index (χ1) is 27.8. The normalized spacial score (nSPS) is 11.2.